The predicted octanol–water partition coefficient (Wildman–Crippen LogP) is 15.3. The fourth-order valence-electron chi connectivity index (χ4n) is 11.4. The summed E-state index contributed by atoms with van der Waals surface area (Å²) in [4.78, 5) is 30.8. The summed E-state index contributed by atoms with van der Waals surface area (Å²) in [6, 6.07) is 81.6. The zero-order valence-corrected chi connectivity index (χ0v) is 54.7. The van der Waals surface area contributed by atoms with Gasteiger partial charge in [-0.25, -0.2) is 34.3 Å². The van der Waals surface area contributed by atoms with Gasteiger partial charge in [0.2, 0.25) is 5.95 Å². The molecule has 1 aliphatic heterocycles. The molecule has 1 fully saturated rings. The first-order valence-corrected chi connectivity index (χ1v) is 31.7. The highest BCUT2D eigenvalue weighted by atomic mass is 79.9. The topological polar surface area (TPSA) is 193 Å². The molecule has 94 heavy (non-hydrogen) atoms. The molecule has 20 heteroatoms. The number of fused-ring (bicyclic) bond motifs is 4. The van der Waals surface area contributed by atoms with Crippen molar-refractivity contribution in [2.24, 2.45) is 0 Å². The van der Waals surface area contributed by atoms with Crippen molar-refractivity contribution < 1.29 is 18.5 Å². The van der Waals surface area contributed by atoms with Gasteiger partial charge in [-0.1, -0.05) is 182 Å². The van der Waals surface area contributed by atoms with Crippen molar-refractivity contribution in [3.8, 4) is 0 Å². The molecule has 1 saturated heterocycles. The van der Waals surface area contributed by atoms with Gasteiger partial charge in [-0.05, 0) is 154 Å². The Balaban J connectivity index is 0.000000129. The molecule has 0 spiro atoms. The summed E-state index contributed by atoms with van der Waals surface area (Å²) in [6.45, 7) is 8.25. The van der Waals surface area contributed by atoms with Gasteiger partial charge in [-0.15, -0.1) is 0 Å². The van der Waals surface area contributed by atoms with Crippen molar-refractivity contribution in [3.05, 3.63) is 334 Å². The predicted molar refractivity (Wildman–Crippen MR) is 373 cm³/mol. The third-order valence-electron chi connectivity index (χ3n) is 16.5. The van der Waals surface area contributed by atoms with Gasteiger partial charge in [0, 0.05) is 41.8 Å². The zero-order valence-electron chi connectivity index (χ0n) is 51.5. The minimum atomic E-state index is -0.779. The molecule has 6 aromatic carbocycles. The van der Waals surface area contributed by atoms with Crippen LogP contribution in [0.2, 0.25) is 0 Å². The molecule has 0 saturated carbocycles. The van der Waals surface area contributed by atoms with Gasteiger partial charge in [-0.2, -0.15) is 24.8 Å². The number of aromatic amines is 2. The number of hydrogen-bond donors (Lipinski definition) is 2. The Morgan fingerprint density at radius 1 is 0.468 bits per heavy atom. The molecule has 9 aromatic heterocycles. The van der Waals surface area contributed by atoms with Crippen molar-refractivity contribution in [2.75, 3.05) is 0 Å². The maximum absolute atomic E-state index is 12.2. The molecule has 0 radical (unpaired) electrons. The molecule has 16 nitrogen and oxygen atoms in total. The van der Waals surface area contributed by atoms with Gasteiger partial charge in [0.25, 0.3) is 0 Å². The lowest BCUT2D eigenvalue weighted by atomic mass is 9.77. The number of nitrogens with one attached hydrogen (secondary N) is 2. The van der Waals surface area contributed by atoms with E-state index >= 15 is 0 Å². The number of hydrogen-bond acceptors (Lipinski definition) is 12. The first-order chi connectivity index (χ1) is 45.8. The van der Waals surface area contributed by atoms with Crippen molar-refractivity contribution >= 4 is 95.0 Å². The molecule has 0 amide bonds. The third kappa shape index (κ3) is 12.6. The molecule has 15 aromatic rings. The summed E-state index contributed by atoms with van der Waals surface area (Å²) < 4.78 is 31.0. The van der Waals surface area contributed by atoms with E-state index in [1.165, 1.54) is 18.3 Å². The maximum atomic E-state index is 12.2. The molecule has 2 N–H and O–H groups in total. The average Bonchev–Trinajstić information content (AvgIpc) is 1.54. The second-order valence-corrected chi connectivity index (χ2v) is 24.2. The molecule has 464 valence electrons. The van der Waals surface area contributed by atoms with E-state index < -0.39 is 35.3 Å². The van der Waals surface area contributed by atoms with E-state index in [-0.39, 0.29) is 5.56 Å². The molecular weight excluding hydrogens is 1310 g/mol. The minimum absolute atomic E-state index is 0.00231. The highest BCUT2D eigenvalue weighted by Crippen LogP contribution is 2.45. The fraction of sp³-hybridized carbons (Fsp3) is 0.108. The van der Waals surface area contributed by atoms with E-state index in [0.29, 0.717) is 6.29 Å². The highest BCUT2D eigenvalue weighted by molar-refractivity contribution is 9.10. The largest absolute Gasteiger partial charge is 0.517 e. The molecule has 16 rings (SSSR count). The van der Waals surface area contributed by atoms with E-state index in [1.807, 2.05) is 95.9 Å². The lowest BCUT2D eigenvalue weighted by Crippen LogP contribution is -2.41. The van der Waals surface area contributed by atoms with Crippen LogP contribution in [-0.4, -0.2) is 89.5 Å². The minimum Gasteiger partial charge on any atom is -0.398 e. The smallest absolute Gasteiger partial charge is 0.398 e. The summed E-state index contributed by atoms with van der Waals surface area (Å²) >= 11 is 6.96. The van der Waals surface area contributed by atoms with Gasteiger partial charge in [0.05, 0.1) is 33.7 Å². The van der Waals surface area contributed by atoms with Crippen LogP contribution in [0.5, 0.6) is 0 Å². The van der Waals surface area contributed by atoms with Crippen molar-refractivity contribution in [1.82, 2.24) is 64.9 Å². The summed E-state index contributed by atoms with van der Waals surface area (Å²) in [5.74, 6) is -0.715. The van der Waals surface area contributed by atoms with E-state index in [9.17, 15) is 9.18 Å². The average molecular weight is 1370 g/mol. The quantitative estimate of drug-likeness (QED) is 0.0570. The van der Waals surface area contributed by atoms with Gasteiger partial charge in [0.1, 0.15) is 25.9 Å². The Bertz CT molecular complexity index is 4730. The molecule has 1 aliphatic rings. The van der Waals surface area contributed by atoms with E-state index in [2.05, 4.69) is 251 Å². The number of aldehydes is 1. The van der Waals surface area contributed by atoms with Gasteiger partial charge in [-0.3, -0.25) is 15.0 Å². The zero-order chi connectivity index (χ0) is 65.1. The molecule has 0 bridgehead atoms. The fourth-order valence-corrected chi connectivity index (χ4v) is 12.2. The van der Waals surface area contributed by atoms with Crippen LogP contribution in [-0.2, 0) is 20.4 Å². The van der Waals surface area contributed by atoms with Gasteiger partial charge in [0.15, 0.2) is 28.9 Å². The summed E-state index contributed by atoms with van der Waals surface area (Å²) in [5.41, 5.74) is 8.14. The van der Waals surface area contributed by atoms with E-state index in [1.54, 1.807) is 18.6 Å². The molecule has 0 aliphatic carbocycles. The van der Waals surface area contributed by atoms with Gasteiger partial charge >= 0.3 is 7.12 Å². The maximum Gasteiger partial charge on any atom is 0.517 e. The number of nitrogens with zero attached hydrogens (tertiary/aromatic N) is 11. The van der Waals surface area contributed by atoms with Crippen LogP contribution in [0.25, 0.3) is 44.1 Å². The van der Waals surface area contributed by atoms with Crippen molar-refractivity contribution in [2.45, 2.75) is 50.0 Å². The number of pyridine rings is 5. The normalized spacial score (nSPS) is 13.2. The molecular formula is C74H61BBr2FN13O3. The van der Waals surface area contributed by atoms with Crippen molar-refractivity contribution in [3.63, 3.8) is 0 Å². The first-order valence-electron chi connectivity index (χ1n) is 30.1. The Morgan fingerprint density at radius 2 is 0.872 bits per heavy atom. The summed E-state index contributed by atoms with van der Waals surface area (Å²) in [7, 11) is -0.613. The second-order valence-electron chi connectivity index (χ2n) is 22.7. The highest BCUT2D eigenvalue weighted by Gasteiger charge is 2.54. The SMILES string of the molecule is Brc1[nH]nc2ncccc12.Brc1nn(C(c2ccccc2)(c2ccccc2)c2ccccc2)c2ncccc12.CC1(C)OB(c2nn(C(c3ccccc3)(c3ccccc3)c3ccccc3)c3ncccc23)OC1(C)C.O=Cc1cccnc1F.c1cnc2[nH]ncc2c1. The lowest BCUT2D eigenvalue weighted by molar-refractivity contribution is 0.00578. The van der Waals surface area contributed by atoms with Crippen LogP contribution < -0.4 is 5.59 Å². The van der Waals surface area contributed by atoms with E-state index in [4.69, 9.17) is 29.5 Å². The second kappa shape index (κ2) is 28.2. The van der Waals surface area contributed by atoms with Crippen LogP contribution in [0.4, 0.5) is 4.39 Å². The molecule has 0 atom stereocenters. The van der Waals surface area contributed by atoms with Crippen LogP contribution in [0.1, 0.15) is 71.4 Å². The third-order valence-corrected chi connectivity index (χ3v) is 17.7. The number of carbonyl (C=O) groups excluding carboxylic acids is 1. The Kier molecular flexibility index (Phi) is 19.1. The van der Waals surface area contributed by atoms with Crippen molar-refractivity contribution in [1.29, 1.82) is 0 Å². The number of halogens is 3. The Labute approximate surface area is 558 Å². The molecule has 10 heterocycles. The number of benzene rings is 6. The summed E-state index contributed by atoms with van der Waals surface area (Å²) in [6.07, 6.45) is 10.6. The van der Waals surface area contributed by atoms with Crippen LogP contribution >= 0.6 is 31.9 Å². The number of aromatic nitrogens is 13. The van der Waals surface area contributed by atoms with Gasteiger partial charge < -0.3 is 9.31 Å². The van der Waals surface area contributed by atoms with E-state index in [0.717, 1.165) is 92.3 Å². The summed E-state index contributed by atoms with van der Waals surface area (Å²) in [5, 5.41) is 27.5. The van der Waals surface area contributed by atoms with Crippen LogP contribution in [0, 0.1) is 5.95 Å². The number of rotatable bonds is 10. The van der Waals surface area contributed by atoms with Crippen LogP contribution in [0.15, 0.2) is 289 Å². The lowest BCUT2D eigenvalue weighted by Gasteiger charge is -2.36. The number of H-pyrrole nitrogens is 2. The Hall–Kier alpha value is -10.5. The number of carbonyl (C=O) groups is 1. The first kappa shape index (κ1) is 63.6. The Morgan fingerprint density at radius 3 is 1.32 bits per heavy atom. The monoisotopic (exact) mass is 1370 g/mol. The standard InChI is InChI=1S/C31H30BN3O2.C25H18BrN3.C6H4BrN3.C6H4FNO.C6H5N3/c1-29(2)30(3,4)37-32(36-29)27-26-21-14-22-33-28(26)35(34-27)31(23-15-8-5-9-16-23,24-17-10-6-11-18-24)25-19-12-7-13-20-25;26-23-22-17-10-18-27-24(22)29(28-23)25(19-11-4-1-5-12-19,20-13-6-2-7-14-20)21-15-8-3-9-16-21;7-5-4-2-1-3-8-6(4)10-9-5;7-6-5(4-9)2-1-3-8-6;1-2-5-4-8-9-6(5)7-3-1/h5-22H,1-4H3;1-18H;1-3H,(H,8,9,10);1-4H;1-4H,(H,7,8,9). The molecule has 0 unspecified atom stereocenters. The van der Waals surface area contributed by atoms with Crippen LogP contribution in [0.3, 0.4) is 0 Å².